The second-order valence-corrected chi connectivity index (χ2v) is 3.93. The number of thioether (sulfide) groups is 1. The lowest BCUT2D eigenvalue weighted by atomic mass is 10.1. The summed E-state index contributed by atoms with van der Waals surface area (Å²) >= 11 is 1.22. The summed E-state index contributed by atoms with van der Waals surface area (Å²) in [6.45, 7) is 1.89. The fourth-order valence-corrected chi connectivity index (χ4v) is 1.93. The maximum atomic E-state index is 11.3. The largest absolute Gasteiger partial charge is 0.396 e. The maximum absolute atomic E-state index is 11.3. The summed E-state index contributed by atoms with van der Waals surface area (Å²) in [6, 6.07) is 0. The summed E-state index contributed by atoms with van der Waals surface area (Å²) in [4.78, 5) is 13.2. The van der Waals surface area contributed by atoms with E-state index in [1.165, 1.54) is 18.2 Å². The first kappa shape index (κ1) is 9.86. The number of nitrogens with zero attached hydrogens (tertiary/aromatic N) is 1. The van der Waals surface area contributed by atoms with Crippen LogP contribution in [-0.2, 0) is 0 Å². The van der Waals surface area contributed by atoms with Crippen LogP contribution in [0.3, 0.4) is 0 Å². The fourth-order valence-electron chi connectivity index (χ4n) is 1.30. The van der Waals surface area contributed by atoms with Crippen LogP contribution in [0.25, 0.3) is 0 Å². The number of aliphatic hydroxyl groups excluding tert-OH is 1. The Labute approximate surface area is 77.1 Å². The van der Waals surface area contributed by atoms with Gasteiger partial charge in [0.2, 0.25) is 0 Å². The van der Waals surface area contributed by atoms with E-state index in [-0.39, 0.29) is 11.8 Å². The first-order chi connectivity index (χ1) is 5.84. The van der Waals surface area contributed by atoms with Crippen molar-refractivity contribution in [3.05, 3.63) is 0 Å². The van der Waals surface area contributed by atoms with Crippen LogP contribution in [0.2, 0.25) is 0 Å². The van der Waals surface area contributed by atoms with Crippen LogP contribution in [0.1, 0.15) is 19.3 Å². The van der Waals surface area contributed by atoms with E-state index in [0.29, 0.717) is 5.75 Å². The van der Waals surface area contributed by atoms with E-state index in [1.54, 1.807) is 0 Å². The minimum atomic E-state index is 0.0875. The first-order valence-corrected chi connectivity index (χ1v) is 5.35. The van der Waals surface area contributed by atoms with Crippen molar-refractivity contribution < 1.29 is 9.90 Å². The molecule has 0 radical (unpaired) electrons. The van der Waals surface area contributed by atoms with Crippen LogP contribution in [0.15, 0.2) is 0 Å². The molecular formula is C8H15NO2S. The van der Waals surface area contributed by atoms with Gasteiger partial charge in [0, 0.05) is 18.8 Å². The minimum Gasteiger partial charge on any atom is -0.396 e. The molecule has 0 aromatic rings. The lowest BCUT2D eigenvalue weighted by molar-refractivity contribution is 0.211. The van der Waals surface area contributed by atoms with E-state index in [2.05, 4.69) is 0 Å². The van der Waals surface area contributed by atoms with Crippen LogP contribution >= 0.6 is 11.8 Å². The third-order valence-corrected chi connectivity index (χ3v) is 2.82. The van der Waals surface area contributed by atoms with Crippen LogP contribution < -0.4 is 0 Å². The van der Waals surface area contributed by atoms with Crippen molar-refractivity contribution in [2.75, 3.05) is 25.4 Å². The molecule has 0 bridgehead atoms. The van der Waals surface area contributed by atoms with Gasteiger partial charge in [-0.1, -0.05) is 11.8 Å². The zero-order chi connectivity index (χ0) is 8.81. The van der Waals surface area contributed by atoms with Gasteiger partial charge >= 0.3 is 0 Å². The van der Waals surface area contributed by atoms with Gasteiger partial charge in [-0.3, -0.25) is 4.79 Å². The molecule has 0 unspecified atom stereocenters. The second kappa shape index (κ2) is 5.43. The van der Waals surface area contributed by atoms with Gasteiger partial charge < -0.3 is 10.0 Å². The number of amides is 1. The molecule has 1 fully saturated rings. The summed E-state index contributed by atoms with van der Waals surface area (Å²) < 4.78 is 0. The van der Waals surface area contributed by atoms with Gasteiger partial charge in [-0.2, -0.15) is 0 Å². The Morgan fingerprint density at radius 2 is 2.00 bits per heavy atom. The van der Waals surface area contributed by atoms with Gasteiger partial charge in [-0.05, 0) is 19.3 Å². The molecule has 0 aliphatic carbocycles. The average Bonchev–Trinajstić information content (AvgIpc) is 2.15. The van der Waals surface area contributed by atoms with Crippen LogP contribution in [-0.4, -0.2) is 40.7 Å². The molecule has 0 atom stereocenters. The molecule has 0 spiro atoms. The molecule has 1 rings (SSSR count). The van der Waals surface area contributed by atoms with Crippen LogP contribution in [0, 0.1) is 0 Å². The summed E-state index contributed by atoms with van der Waals surface area (Å²) in [5.74, 6) is 0.523. The number of rotatable bonds is 2. The highest BCUT2D eigenvalue weighted by Crippen LogP contribution is 2.14. The fraction of sp³-hybridized carbons (Fsp3) is 0.875. The Morgan fingerprint density at radius 1 is 1.33 bits per heavy atom. The number of hydrogen-bond donors (Lipinski definition) is 1. The molecule has 70 valence electrons. The molecule has 1 aliphatic rings. The van der Waals surface area contributed by atoms with Gasteiger partial charge in [0.05, 0.1) is 6.61 Å². The number of carbonyl (C=O) groups is 1. The molecule has 1 saturated heterocycles. The minimum absolute atomic E-state index is 0.0875. The summed E-state index contributed by atoms with van der Waals surface area (Å²) in [7, 11) is 0. The average molecular weight is 189 g/mol. The summed E-state index contributed by atoms with van der Waals surface area (Å²) in [5, 5.41) is 8.65. The molecule has 1 amide bonds. The van der Waals surface area contributed by atoms with Gasteiger partial charge in [-0.25, -0.2) is 0 Å². The Kier molecular flexibility index (Phi) is 4.46. The van der Waals surface area contributed by atoms with Crippen molar-refractivity contribution in [2.45, 2.75) is 19.3 Å². The molecule has 1 heterocycles. The van der Waals surface area contributed by atoms with Crippen molar-refractivity contribution >= 4 is 17.0 Å². The molecule has 4 heteroatoms. The number of carbonyl (C=O) groups excluding carboxylic acids is 1. The summed E-state index contributed by atoms with van der Waals surface area (Å²) in [5.41, 5.74) is 0. The van der Waals surface area contributed by atoms with Gasteiger partial charge in [0.15, 0.2) is 0 Å². The highest BCUT2D eigenvalue weighted by molar-refractivity contribution is 8.13. The number of aliphatic hydroxyl groups is 1. The standard InChI is InChI=1S/C8H15NO2S/c10-6-7-12-8(11)9-4-2-1-3-5-9/h10H,1-7H2. The molecule has 0 aromatic heterocycles. The maximum Gasteiger partial charge on any atom is 0.281 e. The van der Waals surface area contributed by atoms with Crippen molar-refractivity contribution in [3.63, 3.8) is 0 Å². The SMILES string of the molecule is O=C(SCCO)N1CCCCC1. The Hall–Kier alpha value is -0.220. The number of hydrogen-bond acceptors (Lipinski definition) is 3. The Balaban J connectivity index is 2.20. The van der Waals surface area contributed by atoms with E-state index in [9.17, 15) is 4.79 Å². The quantitative estimate of drug-likeness (QED) is 0.712. The van der Waals surface area contributed by atoms with Crippen LogP contribution in [0.4, 0.5) is 4.79 Å². The third-order valence-electron chi connectivity index (χ3n) is 1.93. The van der Waals surface area contributed by atoms with Crippen LogP contribution in [0.5, 0.6) is 0 Å². The molecule has 1 aliphatic heterocycles. The van der Waals surface area contributed by atoms with Crippen molar-refractivity contribution in [1.82, 2.24) is 4.90 Å². The Morgan fingerprint density at radius 3 is 2.58 bits per heavy atom. The van der Waals surface area contributed by atoms with E-state index >= 15 is 0 Å². The highest BCUT2D eigenvalue weighted by Gasteiger charge is 2.15. The van der Waals surface area contributed by atoms with E-state index in [0.717, 1.165) is 25.9 Å². The van der Waals surface area contributed by atoms with Gasteiger partial charge in [-0.15, -0.1) is 0 Å². The number of piperidine rings is 1. The van der Waals surface area contributed by atoms with Crippen molar-refractivity contribution in [1.29, 1.82) is 0 Å². The van der Waals surface area contributed by atoms with E-state index < -0.39 is 0 Å². The highest BCUT2D eigenvalue weighted by atomic mass is 32.2. The summed E-state index contributed by atoms with van der Waals surface area (Å²) in [6.07, 6.45) is 3.51. The topological polar surface area (TPSA) is 40.5 Å². The smallest absolute Gasteiger partial charge is 0.281 e. The number of likely N-dealkylation sites (tertiary alicyclic amines) is 1. The normalized spacial score (nSPS) is 17.9. The molecule has 0 saturated carbocycles. The Bertz CT molecular complexity index is 146. The molecular weight excluding hydrogens is 174 g/mol. The molecule has 1 N–H and O–H groups in total. The zero-order valence-electron chi connectivity index (χ0n) is 7.16. The predicted octanol–water partition coefficient (Wildman–Crippen LogP) is 1.32. The first-order valence-electron chi connectivity index (χ1n) is 4.37. The van der Waals surface area contributed by atoms with E-state index in [4.69, 9.17) is 5.11 Å². The van der Waals surface area contributed by atoms with Gasteiger partial charge in [0.25, 0.3) is 5.24 Å². The van der Waals surface area contributed by atoms with Gasteiger partial charge in [0.1, 0.15) is 0 Å². The van der Waals surface area contributed by atoms with Crippen molar-refractivity contribution in [2.24, 2.45) is 0 Å². The lowest BCUT2D eigenvalue weighted by Crippen LogP contribution is -2.33. The molecule has 3 nitrogen and oxygen atoms in total. The van der Waals surface area contributed by atoms with E-state index in [1.807, 2.05) is 4.90 Å². The molecule has 12 heavy (non-hydrogen) atoms. The van der Waals surface area contributed by atoms with Crippen molar-refractivity contribution in [3.8, 4) is 0 Å². The third kappa shape index (κ3) is 3.03. The monoisotopic (exact) mass is 189 g/mol. The predicted molar refractivity (Wildman–Crippen MR) is 50.4 cm³/mol. The molecule has 0 aromatic carbocycles. The second-order valence-electron chi connectivity index (χ2n) is 2.89. The zero-order valence-corrected chi connectivity index (χ0v) is 7.98. The lowest BCUT2D eigenvalue weighted by Gasteiger charge is -2.25.